The number of anilines is 1. The van der Waals surface area contributed by atoms with E-state index in [0.717, 1.165) is 23.4 Å². The largest absolute Gasteiger partial charge is 0.491 e. The third-order valence-electron chi connectivity index (χ3n) is 2.69. The molecule has 2 N–H and O–H groups in total. The normalized spacial score (nSPS) is 13.6. The van der Waals surface area contributed by atoms with E-state index in [1.165, 1.54) is 0 Å². The maximum atomic E-state index is 6.08. The maximum Gasteiger partial charge on any atom is 0.143 e. The summed E-state index contributed by atoms with van der Waals surface area (Å²) in [5.74, 6) is 0.750. The summed E-state index contributed by atoms with van der Waals surface area (Å²) >= 11 is 6.08. The van der Waals surface area contributed by atoms with Gasteiger partial charge in [-0.15, -0.1) is 0 Å². The van der Waals surface area contributed by atoms with Crippen LogP contribution in [-0.2, 0) is 6.42 Å². The molecule has 1 aromatic heterocycles. The van der Waals surface area contributed by atoms with Gasteiger partial charge in [-0.25, -0.2) is 4.98 Å². The number of fused-ring (bicyclic) bond motifs is 1. The Balaban J connectivity index is 2.29. The van der Waals surface area contributed by atoms with Crippen LogP contribution >= 0.6 is 11.6 Å². The first-order chi connectivity index (χ1) is 7.77. The Hall–Kier alpha value is -1.68. The molecule has 0 saturated carbocycles. The van der Waals surface area contributed by atoms with Crippen molar-refractivity contribution in [1.29, 1.82) is 0 Å². The molecule has 82 valence electrons. The van der Waals surface area contributed by atoms with E-state index in [-0.39, 0.29) is 0 Å². The highest BCUT2D eigenvalue weighted by molar-refractivity contribution is 6.32. The lowest BCUT2D eigenvalue weighted by molar-refractivity contribution is 0.357. The van der Waals surface area contributed by atoms with E-state index in [1.807, 2.05) is 10.8 Å². The zero-order valence-electron chi connectivity index (χ0n) is 8.48. The lowest BCUT2D eigenvalue weighted by atomic mass is 10.1. The van der Waals surface area contributed by atoms with Gasteiger partial charge in [0.2, 0.25) is 0 Å². The topological polar surface area (TPSA) is 53.1 Å². The number of hydrogen-bond acceptors (Lipinski definition) is 3. The first-order valence-corrected chi connectivity index (χ1v) is 5.37. The Kier molecular flexibility index (Phi) is 2.04. The number of hydrogen-bond donors (Lipinski definition) is 1. The van der Waals surface area contributed by atoms with Gasteiger partial charge in [0.15, 0.2) is 0 Å². The first-order valence-electron chi connectivity index (χ1n) is 4.99. The zero-order valence-corrected chi connectivity index (χ0v) is 9.24. The van der Waals surface area contributed by atoms with Crippen LogP contribution in [0.15, 0.2) is 24.8 Å². The van der Waals surface area contributed by atoms with Crippen LogP contribution < -0.4 is 10.5 Å². The Morgan fingerprint density at radius 2 is 2.38 bits per heavy atom. The molecule has 0 fully saturated rings. The molecule has 16 heavy (non-hydrogen) atoms. The summed E-state index contributed by atoms with van der Waals surface area (Å²) in [6.07, 6.45) is 6.13. The van der Waals surface area contributed by atoms with Gasteiger partial charge in [-0.05, 0) is 6.07 Å². The van der Waals surface area contributed by atoms with Crippen LogP contribution in [0.3, 0.4) is 0 Å². The number of nitrogens with two attached hydrogens (primary N) is 1. The third-order valence-corrected chi connectivity index (χ3v) is 2.97. The fourth-order valence-corrected chi connectivity index (χ4v) is 2.32. The summed E-state index contributed by atoms with van der Waals surface area (Å²) in [4.78, 5) is 4.02. The van der Waals surface area contributed by atoms with Gasteiger partial charge in [0, 0.05) is 24.4 Å². The van der Waals surface area contributed by atoms with E-state index in [9.17, 15) is 0 Å². The molecule has 1 aliphatic rings. The fourth-order valence-electron chi connectivity index (χ4n) is 2.04. The van der Waals surface area contributed by atoms with Crippen molar-refractivity contribution < 1.29 is 4.74 Å². The maximum absolute atomic E-state index is 6.08. The predicted octanol–water partition coefficient (Wildman–Crippen LogP) is 2.04. The van der Waals surface area contributed by atoms with Crippen molar-refractivity contribution in [3.05, 3.63) is 35.4 Å². The molecule has 0 aliphatic carbocycles. The number of benzene rings is 1. The minimum Gasteiger partial charge on any atom is -0.491 e. The minimum absolute atomic E-state index is 0.578. The molecule has 4 nitrogen and oxygen atoms in total. The van der Waals surface area contributed by atoms with Crippen molar-refractivity contribution in [1.82, 2.24) is 9.55 Å². The molecule has 0 amide bonds. The second kappa shape index (κ2) is 3.42. The molecule has 0 bridgehead atoms. The number of nitrogen functional groups attached to an aromatic ring is 1. The molecule has 2 aromatic rings. The molecular formula is C11H10ClN3O. The van der Waals surface area contributed by atoms with Crippen molar-refractivity contribution in [2.75, 3.05) is 12.3 Å². The predicted molar refractivity (Wildman–Crippen MR) is 62.2 cm³/mol. The molecule has 0 spiro atoms. The Morgan fingerprint density at radius 1 is 1.50 bits per heavy atom. The van der Waals surface area contributed by atoms with Crippen molar-refractivity contribution in [3.8, 4) is 11.4 Å². The third kappa shape index (κ3) is 1.27. The highest BCUT2D eigenvalue weighted by atomic mass is 35.5. The van der Waals surface area contributed by atoms with Gasteiger partial charge in [-0.1, -0.05) is 11.6 Å². The van der Waals surface area contributed by atoms with Crippen LogP contribution in [-0.4, -0.2) is 16.2 Å². The number of imidazole rings is 1. The highest BCUT2D eigenvalue weighted by Gasteiger charge is 2.22. The van der Waals surface area contributed by atoms with Gasteiger partial charge >= 0.3 is 0 Å². The molecule has 3 rings (SSSR count). The van der Waals surface area contributed by atoms with Crippen LogP contribution in [0.1, 0.15) is 5.56 Å². The number of aromatic nitrogens is 2. The van der Waals surface area contributed by atoms with Gasteiger partial charge in [0.25, 0.3) is 0 Å². The molecule has 0 radical (unpaired) electrons. The first kappa shape index (κ1) is 9.54. The smallest absolute Gasteiger partial charge is 0.143 e. The Morgan fingerprint density at radius 3 is 3.12 bits per heavy atom. The summed E-state index contributed by atoms with van der Waals surface area (Å²) in [6.45, 7) is 0.653. The van der Waals surface area contributed by atoms with Crippen molar-refractivity contribution in [3.63, 3.8) is 0 Å². The number of rotatable bonds is 1. The van der Waals surface area contributed by atoms with E-state index in [0.29, 0.717) is 17.3 Å². The van der Waals surface area contributed by atoms with Gasteiger partial charge in [0.1, 0.15) is 5.75 Å². The molecule has 1 aromatic carbocycles. The summed E-state index contributed by atoms with van der Waals surface area (Å²) in [6, 6.07) is 1.72. The summed E-state index contributed by atoms with van der Waals surface area (Å²) < 4.78 is 7.39. The average Bonchev–Trinajstić information content (AvgIpc) is 2.86. The van der Waals surface area contributed by atoms with E-state index in [4.69, 9.17) is 22.1 Å². The molecule has 2 heterocycles. The summed E-state index contributed by atoms with van der Waals surface area (Å²) in [5, 5.41) is 0.578. The van der Waals surface area contributed by atoms with E-state index < -0.39 is 0 Å². The second-order valence-electron chi connectivity index (χ2n) is 3.67. The fraction of sp³-hybridized carbons (Fsp3) is 0.182. The molecule has 0 atom stereocenters. The van der Waals surface area contributed by atoms with Crippen molar-refractivity contribution >= 4 is 17.3 Å². The highest BCUT2D eigenvalue weighted by Crippen LogP contribution is 2.40. The Labute approximate surface area is 97.6 Å². The Bertz CT molecular complexity index is 537. The second-order valence-corrected chi connectivity index (χ2v) is 4.08. The van der Waals surface area contributed by atoms with Gasteiger partial charge in [-0.3, -0.25) is 0 Å². The van der Waals surface area contributed by atoms with Crippen LogP contribution in [0.5, 0.6) is 5.75 Å². The summed E-state index contributed by atoms with van der Waals surface area (Å²) in [7, 11) is 0. The average molecular weight is 236 g/mol. The summed E-state index contributed by atoms with van der Waals surface area (Å²) in [5.41, 5.74) is 8.63. The molecule has 5 heteroatoms. The van der Waals surface area contributed by atoms with Gasteiger partial charge < -0.3 is 15.0 Å². The SMILES string of the molecule is Nc1cc(Cl)c2c(c1-n1ccnc1)CCO2. The van der Waals surface area contributed by atoms with Crippen molar-refractivity contribution in [2.24, 2.45) is 0 Å². The zero-order chi connectivity index (χ0) is 11.1. The minimum atomic E-state index is 0.578. The van der Waals surface area contributed by atoms with E-state index in [1.54, 1.807) is 18.6 Å². The van der Waals surface area contributed by atoms with Crippen LogP contribution in [0.2, 0.25) is 5.02 Å². The quantitative estimate of drug-likeness (QED) is 0.770. The van der Waals surface area contributed by atoms with Gasteiger partial charge in [0.05, 0.1) is 29.3 Å². The number of halogens is 1. The van der Waals surface area contributed by atoms with E-state index >= 15 is 0 Å². The molecule has 0 unspecified atom stereocenters. The lowest BCUT2D eigenvalue weighted by Crippen LogP contribution is -2.01. The van der Waals surface area contributed by atoms with E-state index in [2.05, 4.69) is 4.98 Å². The standard InChI is InChI=1S/C11H10ClN3O/c12-8-5-9(13)10(15-3-2-14-6-15)7-1-4-16-11(7)8/h2-3,5-6H,1,4,13H2. The lowest BCUT2D eigenvalue weighted by Gasteiger charge is -2.12. The van der Waals surface area contributed by atoms with Gasteiger partial charge in [-0.2, -0.15) is 0 Å². The van der Waals surface area contributed by atoms with Crippen LogP contribution in [0.4, 0.5) is 5.69 Å². The van der Waals surface area contributed by atoms with Crippen LogP contribution in [0, 0.1) is 0 Å². The number of nitrogens with zero attached hydrogens (tertiary/aromatic N) is 2. The molecule has 0 saturated heterocycles. The molecular weight excluding hydrogens is 226 g/mol. The molecule has 1 aliphatic heterocycles. The number of ether oxygens (including phenoxy) is 1. The monoisotopic (exact) mass is 235 g/mol. The van der Waals surface area contributed by atoms with Crippen molar-refractivity contribution in [2.45, 2.75) is 6.42 Å². The van der Waals surface area contributed by atoms with Crippen LogP contribution in [0.25, 0.3) is 5.69 Å².